The quantitative estimate of drug-likeness (QED) is 0.827. The van der Waals surface area contributed by atoms with E-state index in [0.717, 1.165) is 17.8 Å². The molecule has 2 aliphatic rings. The normalized spacial score (nSPS) is 36.3. The van der Waals surface area contributed by atoms with Gasteiger partial charge in [0.1, 0.15) is 0 Å². The minimum Gasteiger partial charge on any atom is -0.308 e. The minimum absolute atomic E-state index is 0.370. The van der Waals surface area contributed by atoms with E-state index in [1.165, 1.54) is 25.9 Å². The molecule has 0 spiro atoms. The van der Waals surface area contributed by atoms with Crippen molar-refractivity contribution in [3.05, 3.63) is 0 Å². The van der Waals surface area contributed by atoms with Crippen LogP contribution in [-0.2, 0) is 0 Å². The summed E-state index contributed by atoms with van der Waals surface area (Å²) in [7, 11) is 0. The Bertz CT molecular complexity index is 283. The van der Waals surface area contributed by atoms with Gasteiger partial charge in [-0.15, -0.1) is 0 Å². The molecular formula is C16H32N2. The zero-order chi connectivity index (χ0) is 13.5. The fourth-order valence-electron chi connectivity index (χ4n) is 3.45. The molecule has 0 amide bonds. The van der Waals surface area contributed by atoms with Crippen molar-refractivity contribution in [1.29, 1.82) is 0 Å². The van der Waals surface area contributed by atoms with Gasteiger partial charge in [0.15, 0.2) is 0 Å². The smallest absolute Gasteiger partial charge is 0.0309 e. The second-order valence-corrected chi connectivity index (χ2v) is 7.54. The first-order chi connectivity index (χ1) is 8.35. The molecule has 18 heavy (non-hydrogen) atoms. The highest BCUT2D eigenvalue weighted by atomic mass is 15.3. The molecule has 2 heteroatoms. The molecule has 1 heterocycles. The molecule has 0 bridgehead atoms. The molecule has 106 valence electrons. The Labute approximate surface area is 114 Å². The van der Waals surface area contributed by atoms with Crippen LogP contribution in [0.4, 0.5) is 0 Å². The van der Waals surface area contributed by atoms with E-state index in [4.69, 9.17) is 0 Å². The van der Waals surface area contributed by atoms with Crippen LogP contribution in [0.3, 0.4) is 0 Å². The highest BCUT2D eigenvalue weighted by Gasteiger charge is 2.47. The van der Waals surface area contributed by atoms with Gasteiger partial charge in [-0.05, 0) is 44.4 Å². The number of nitrogens with zero attached hydrogens (tertiary/aromatic N) is 1. The van der Waals surface area contributed by atoms with Gasteiger partial charge in [-0.1, -0.05) is 27.7 Å². The van der Waals surface area contributed by atoms with Crippen LogP contribution in [-0.4, -0.2) is 35.6 Å². The van der Waals surface area contributed by atoms with E-state index < -0.39 is 0 Å². The monoisotopic (exact) mass is 252 g/mol. The Morgan fingerprint density at radius 1 is 1.11 bits per heavy atom. The molecule has 2 nitrogen and oxygen atoms in total. The molecule has 2 fully saturated rings. The summed E-state index contributed by atoms with van der Waals surface area (Å²) in [6.45, 7) is 16.7. The summed E-state index contributed by atoms with van der Waals surface area (Å²) in [5, 5.41) is 3.87. The van der Waals surface area contributed by atoms with Crippen LogP contribution < -0.4 is 5.32 Å². The van der Waals surface area contributed by atoms with Crippen molar-refractivity contribution in [2.24, 2.45) is 17.8 Å². The lowest BCUT2D eigenvalue weighted by Crippen LogP contribution is -2.67. The van der Waals surface area contributed by atoms with Gasteiger partial charge in [0, 0.05) is 30.7 Å². The van der Waals surface area contributed by atoms with Crippen molar-refractivity contribution in [2.45, 2.75) is 72.0 Å². The van der Waals surface area contributed by atoms with Crippen LogP contribution in [0.2, 0.25) is 0 Å². The highest BCUT2D eigenvalue weighted by Crippen LogP contribution is 2.42. The van der Waals surface area contributed by atoms with Gasteiger partial charge in [-0.25, -0.2) is 0 Å². The molecule has 2 rings (SSSR count). The maximum atomic E-state index is 3.87. The number of piperazine rings is 1. The fourth-order valence-corrected chi connectivity index (χ4v) is 3.45. The molecule has 0 radical (unpaired) electrons. The number of nitrogens with one attached hydrogen (secondary N) is 1. The highest BCUT2D eigenvalue weighted by molar-refractivity contribution is 5.05. The van der Waals surface area contributed by atoms with Crippen molar-refractivity contribution in [3.63, 3.8) is 0 Å². The van der Waals surface area contributed by atoms with E-state index in [0.29, 0.717) is 17.6 Å². The lowest BCUT2D eigenvalue weighted by Gasteiger charge is -2.51. The Morgan fingerprint density at radius 2 is 1.72 bits per heavy atom. The second-order valence-electron chi connectivity index (χ2n) is 7.54. The Balaban J connectivity index is 2.12. The minimum atomic E-state index is 0.370. The third kappa shape index (κ3) is 2.75. The van der Waals surface area contributed by atoms with Crippen LogP contribution >= 0.6 is 0 Å². The average Bonchev–Trinajstić information content (AvgIpc) is 3.11. The van der Waals surface area contributed by atoms with Crippen molar-refractivity contribution >= 4 is 0 Å². The first-order valence-electron chi connectivity index (χ1n) is 7.86. The van der Waals surface area contributed by atoms with Crippen LogP contribution in [0.1, 0.15) is 54.4 Å². The molecule has 0 aromatic carbocycles. The molecule has 1 saturated carbocycles. The predicted octanol–water partition coefficient (Wildman–Crippen LogP) is 3.13. The van der Waals surface area contributed by atoms with E-state index in [9.17, 15) is 0 Å². The molecule has 0 aromatic heterocycles. The first-order valence-corrected chi connectivity index (χ1v) is 7.86. The van der Waals surface area contributed by atoms with E-state index >= 15 is 0 Å². The maximum Gasteiger partial charge on any atom is 0.0309 e. The summed E-state index contributed by atoms with van der Waals surface area (Å²) in [5.74, 6) is 2.41. The van der Waals surface area contributed by atoms with Crippen LogP contribution in [0.5, 0.6) is 0 Å². The van der Waals surface area contributed by atoms with Crippen molar-refractivity contribution < 1.29 is 0 Å². The third-order valence-electron chi connectivity index (χ3n) is 5.39. The third-order valence-corrected chi connectivity index (χ3v) is 5.39. The van der Waals surface area contributed by atoms with E-state index in [-0.39, 0.29) is 0 Å². The van der Waals surface area contributed by atoms with E-state index in [2.05, 4.69) is 51.8 Å². The van der Waals surface area contributed by atoms with Gasteiger partial charge in [-0.2, -0.15) is 0 Å². The van der Waals surface area contributed by atoms with Gasteiger partial charge in [-0.3, -0.25) is 4.90 Å². The van der Waals surface area contributed by atoms with Crippen LogP contribution in [0, 0.1) is 17.8 Å². The molecule has 1 aliphatic carbocycles. The van der Waals surface area contributed by atoms with Crippen LogP contribution in [0.25, 0.3) is 0 Å². The molecule has 1 N–H and O–H groups in total. The molecule has 3 unspecified atom stereocenters. The fraction of sp³-hybridized carbons (Fsp3) is 1.00. The number of hydrogen-bond donors (Lipinski definition) is 1. The average molecular weight is 252 g/mol. The Hall–Kier alpha value is -0.0800. The van der Waals surface area contributed by atoms with Gasteiger partial charge in [0.25, 0.3) is 0 Å². The van der Waals surface area contributed by atoms with E-state index in [1.54, 1.807) is 0 Å². The summed E-state index contributed by atoms with van der Waals surface area (Å²) in [6.07, 6.45) is 2.86. The lowest BCUT2D eigenvalue weighted by atomic mass is 9.86. The van der Waals surface area contributed by atoms with Gasteiger partial charge >= 0.3 is 0 Å². The zero-order valence-corrected chi connectivity index (χ0v) is 13.2. The molecule has 0 aromatic rings. The van der Waals surface area contributed by atoms with E-state index in [1.807, 2.05) is 0 Å². The van der Waals surface area contributed by atoms with Crippen molar-refractivity contribution in [1.82, 2.24) is 10.2 Å². The summed E-state index contributed by atoms with van der Waals surface area (Å²) in [5.41, 5.74) is 0.370. The summed E-state index contributed by atoms with van der Waals surface area (Å²) >= 11 is 0. The largest absolute Gasteiger partial charge is 0.308 e. The molecular weight excluding hydrogens is 220 g/mol. The second kappa shape index (κ2) is 5.13. The SMILES string of the molecule is CC(C)C(C)N1CC(C)(C2CC2)NCC1C(C)C. The lowest BCUT2D eigenvalue weighted by molar-refractivity contribution is 0.00948. The van der Waals surface area contributed by atoms with Gasteiger partial charge in [0.05, 0.1) is 0 Å². The molecule has 3 atom stereocenters. The Kier molecular flexibility index (Phi) is 4.08. The predicted molar refractivity (Wildman–Crippen MR) is 78.8 cm³/mol. The van der Waals surface area contributed by atoms with Gasteiger partial charge in [0.2, 0.25) is 0 Å². The molecule has 1 saturated heterocycles. The number of rotatable bonds is 4. The summed E-state index contributed by atoms with van der Waals surface area (Å²) in [6, 6.07) is 1.40. The first kappa shape index (κ1) is 14.3. The zero-order valence-electron chi connectivity index (χ0n) is 13.2. The maximum absolute atomic E-state index is 3.87. The Morgan fingerprint density at radius 3 is 2.17 bits per heavy atom. The van der Waals surface area contributed by atoms with Gasteiger partial charge < -0.3 is 5.32 Å². The van der Waals surface area contributed by atoms with Crippen molar-refractivity contribution in [3.8, 4) is 0 Å². The summed E-state index contributed by atoms with van der Waals surface area (Å²) < 4.78 is 0. The number of hydrogen-bond acceptors (Lipinski definition) is 2. The van der Waals surface area contributed by atoms with Crippen molar-refractivity contribution in [2.75, 3.05) is 13.1 Å². The van der Waals surface area contributed by atoms with Crippen LogP contribution in [0.15, 0.2) is 0 Å². The topological polar surface area (TPSA) is 15.3 Å². The summed E-state index contributed by atoms with van der Waals surface area (Å²) in [4.78, 5) is 2.80. The molecule has 1 aliphatic heterocycles. The standard InChI is InChI=1S/C16H32N2/c1-11(2)13(5)18-10-16(6,14-7-8-14)17-9-15(18)12(3)4/h11-15,17H,7-10H2,1-6H3.